The zero-order valence-electron chi connectivity index (χ0n) is 14.2. The Kier molecular flexibility index (Phi) is 5.61. The molecule has 0 amide bonds. The summed E-state index contributed by atoms with van der Waals surface area (Å²) in [4.78, 5) is 2.68. The van der Waals surface area contributed by atoms with Crippen LogP contribution in [0.4, 0.5) is 0 Å². The summed E-state index contributed by atoms with van der Waals surface area (Å²) in [6, 6.07) is 0.831. The van der Waals surface area contributed by atoms with Crippen molar-refractivity contribution in [1.29, 1.82) is 0 Å². The molecule has 0 bridgehead atoms. The van der Waals surface area contributed by atoms with Gasteiger partial charge in [-0.3, -0.25) is 0 Å². The van der Waals surface area contributed by atoms with Gasteiger partial charge in [-0.1, -0.05) is 19.8 Å². The third-order valence-electron chi connectivity index (χ3n) is 6.67. The fourth-order valence-corrected chi connectivity index (χ4v) is 4.95. The minimum atomic E-state index is 0.794. The highest BCUT2D eigenvalue weighted by molar-refractivity contribution is 4.91. The Morgan fingerprint density at radius 3 is 2.29 bits per heavy atom. The lowest BCUT2D eigenvalue weighted by Gasteiger charge is -2.37. The minimum absolute atomic E-state index is 0.794. The van der Waals surface area contributed by atoms with Gasteiger partial charge in [-0.15, -0.1) is 0 Å². The van der Waals surface area contributed by atoms with Crippen molar-refractivity contribution in [3.05, 3.63) is 0 Å². The summed E-state index contributed by atoms with van der Waals surface area (Å²) < 4.78 is 0. The van der Waals surface area contributed by atoms with Gasteiger partial charge in [0.05, 0.1) is 0 Å². The van der Waals surface area contributed by atoms with Crippen LogP contribution in [0.1, 0.15) is 77.6 Å². The molecule has 0 atom stereocenters. The molecule has 21 heavy (non-hydrogen) atoms. The van der Waals surface area contributed by atoms with Crippen LogP contribution in [-0.2, 0) is 0 Å². The molecule has 0 aromatic heterocycles. The highest BCUT2D eigenvalue weighted by Gasteiger charge is 2.37. The SMILES string of the molecule is CC1CCN(CCCNC2CCC3(CCCC3)CC2)CC1. The maximum Gasteiger partial charge on any atom is 0.00674 e. The predicted octanol–water partition coefficient (Wildman–Crippen LogP) is 4.20. The number of hydrogen-bond acceptors (Lipinski definition) is 2. The van der Waals surface area contributed by atoms with E-state index in [4.69, 9.17) is 0 Å². The average Bonchev–Trinajstić information content (AvgIpc) is 2.96. The maximum absolute atomic E-state index is 3.85. The molecule has 122 valence electrons. The molecule has 0 aromatic carbocycles. The van der Waals surface area contributed by atoms with Crippen molar-refractivity contribution in [2.45, 2.75) is 83.6 Å². The molecule has 0 aromatic rings. The van der Waals surface area contributed by atoms with Crippen LogP contribution in [0.3, 0.4) is 0 Å². The van der Waals surface area contributed by atoms with Crippen LogP contribution in [0, 0.1) is 11.3 Å². The van der Waals surface area contributed by atoms with Gasteiger partial charge in [0.15, 0.2) is 0 Å². The van der Waals surface area contributed by atoms with E-state index in [0.717, 1.165) is 17.4 Å². The van der Waals surface area contributed by atoms with E-state index >= 15 is 0 Å². The number of rotatable bonds is 5. The second-order valence-electron chi connectivity index (χ2n) is 8.31. The third kappa shape index (κ3) is 4.45. The van der Waals surface area contributed by atoms with Crippen molar-refractivity contribution in [1.82, 2.24) is 10.2 Å². The van der Waals surface area contributed by atoms with E-state index < -0.39 is 0 Å². The smallest absolute Gasteiger partial charge is 0.00674 e. The number of piperidine rings is 1. The molecule has 3 rings (SSSR count). The lowest BCUT2D eigenvalue weighted by Crippen LogP contribution is -2.39. The van der Waals surface area contributed by atoms with Gasteiger partial charge in [0.2, 0.25) is 0 Å². The number of nitrogens with one attached hydrogen (secondary N) is 1. The molecule has 2 heteroatoms. The molecular formula is C19H36N2. The van der Waals surface area contributed by atoms with Gasteiger partial charge in [-0.05, 0) is 95.3 Å². The second-order valence-corrected chi connectivity index (χ2v) is 8.31. The fourth-order valence-electron chi connectivity index (χ4n) is 4.95. The summed E-state index contributed by atoms with van der Waals surface area (Å²) >= 11 is 0. The van der Waals surface area contributed by atoms with Crippen molar-refractivity contribution in [2.24, 2.45) is 11.3 Å². The van der Waals surface area contributed by atoms with Gasteiger partial charge >= 0.3 is 0 Å². The lowest BCUT2D eigenvalue weighted by atomic mass is 9.71. The molecule has 1 spiro atoms. The second kappa shape index (κ2) is 7.46. The molecule has 3 fully saturated rings. The van der Waals surface area contributed by atoms with Gasteiger partial charge in [0, 0.05) is 6.04 Å². The first-order valence-corrected chi connectivity index (χ1v) is 9.72. The topological polar surface area (TPSA) is 15.3 Å². The van der Waals surface area contributed by atoms with Gasteiger partial charge in [-0.25, -0.2) is 0 Å². The summed E-state index contributed by atoms with van der Waals surface area (Å²) in [5, 5.41) is 3.85. The number of hydrogen-bond donors (Lipinski definition) is 1. The van der Waals surface area contributed by atoms with E-state index in [1.807, 2.05) is 0 Å². The lowest BCUT2D eigenvalue weighted by molar-refractivity contribution is 0.164. The number of likely N-dealkylation sites (tertiary alicyclic amines) is 1. The van der Waals surface area contributed by atoms with Crippen LogP contribution in [0.5, 0.6) is 0 Å². The Morgan fingerprint density at radius 2 is 1.62 bits per heavy atom. The van der Waals surface area contributed by atoms with E-state index in [2.05, 4.69) is 17.1 Å². The van der Waals surface area contributed by atoms with Crippen molar-refractivity contribution < 1.29 is 0 Å². The van der Waals surface area contributed by atoms with Crippen molar-refractivity contribution >= 4 is 0 Å². The van der Waals surface area contributed by atoms with Gasteiger partial charge < -0.3 is 10.2 Å². The molecule has 1 aliphatic heterocycles. The van der Waals surface area contributed by atoms with Crippen LogP contribution in [-0.4, -0.2) is 37.1 Å². The van der Waals surface area contributed by atoms with Crippen LogP contribution in [0.25, 0.3) is 0 Å². The number of nitrogens with zero attached hydrogens (tertiary/aromatic N) is 1. The standard InChI is InChI=1S/C19H36N2/c1-17-7-15-21(16-8-17)14-4-13-20-18-5-11-19(12-6-18)9-2-3-10-19/h17-18,20H,2-16H2,1H3. The molecule has 1 saturated heterocycles. The Labute approximate surface area is 132 Å². The van der Waals surface area contributed by atoms with E-state index in [0.29, 0.717) is 0 Å². The van der Waals surface area contributed by atoms with Gasteiger partial charge in [0.25, 0.3) is 0 Å². The highest BCUT2D eigenvalue weighted by atomic mass is 15.1. The molecule has 1 N–H and O–H groups in total. The van der Waals surface area contributed by atoms with E-state index in [1.54, 1.807) is 0 Å². The van der Waals surface area contributed by atoms with Crippen LogP contribution < -0.4 is 5.32 Å². The first-order valence-electron chi connectivity index (χ1n) is 9.72. The van der Waals surface area contributed by atoms with Crippen molar-refractivity contribution in [3.63, 3.8) is 0 Å². The molecular weight excluding hydrogens is 256 g/mol. The summed E-state index contributed by atoms with van der Waals surface area (Å²) in [6.07, 6.45) is 16.2. The Morgan fingerprint density at radius 1 is 0.952 bits per heavy atom. The fraction of sp³-hybridized carbons (Fsp3) is 1.00. The normalized spacial score (nSPS) is 28.4. The summed E-state index contributed by atoms with van der Waals surface area (Å²) in [7, 11) is 0. The average molecular weight is 293 g/mol. The first-order chi connectivity index (χ1) is 10.3. The minimum Gasteiger partial charge on any atom is -0.314 e. The van der Waals surface area contributed by atoms with Crippen LogP contribution in [0.15, 0.2) is 0 Å². The molecule has 0 unspecified atom stereocenters. The van der Waals surface area contributed by atoms with Gasteiger partial charge in [0.1, 0.15) is 0 Å². The zero-order chi connectivity index (χ0) is 14.5. The van der Waals surface area contributed by atoms with Crippen LogP contribution >= 0.6 is 0 Å². The monoisotopic (exact) mass is 292 g/mol. The molecule has 2 nitrogen and oxygen atoms in total. The third-order valence-corrected chi connectivity index (χ3v) is 6.67. The molecule has 3 aliphatic rings. The molecule has 2 aliphatic carbocycles. The summed E-state index contributed by atoms with van der Waals surface area (Å²) in [6.45, 7) is 7.64. The summed E-state index contributed by atoms with van der Waals surface area (Å²) in [5.41, 5.74) is 0.794. The van der Waals surface area contributed by atoms with Gasteiger partial charge in [-0.2, -0.15) is 0 Å². The molecule has 1 heterocycles. The highest BCUT2D eigenvalue weighted by Crippen LogP contribution is 2.48. The molecule has 0 radical (unpaired) electrons. The van der Waals surface area contributed by atoms with E-state index in [1.165, 1.54) is 96.8 Å². The van der Waals surface area contributed by atoms with Crippen molar-refractivity contribution in [3.8, 4) is 0 Å². The van der Waals surface area contributed by atoms with E-state index in [9.17, 15) is 0 Å². The molecule has 2 saturated carbocycles. The first kappa shape index (κ1) is 15.8. The zero-order valence-corrected chi connectivity index (χ0v) is 14.2. The maximum atomic E-state index is 3.85. The summed E-state index contributed by atoms with van der Waals surface area (Å²) in [5.74, 6) is 0.963. The predicted molar refractivity (Wildman–Crippen MR) is 90.6 cm³/mol. The van der Waals surface area contributed by atoms with E-state index in [-0.39, 0.29) is 0 Å². The Bertz CT molecular complexity index is 291. The Balaban J connectivity index is 1.25. The quantitative estimate of drug-likeness (QED) is 0.764. The van der Waals surface area contributed by atoms with Crippen LogP contribution in [0.2, 0.25) is 0 Å². The Hall–Kier alpha value is -0.0800. The van der Waals surface area contributed by atoms with Crippen molar-refractivity contribution in [2.75, 3.05) is 26.2 Å². The largest absolute Gasteiger partial charge is 0.314 e.